The fourth-order valence-corrected chi connectivity index (χ4v) is 1.58. The predicted octanol–water partition coefficient (Wildman–Crippen LogP) is 2.23. The Balaban J connectivity index is 1.98. The SMILES string of the molecule is O=[N+]([O-])c1cc(F)cc(CNCC2CC2)c1. The molecule has 0 spiro atoms. The second-order valence-electron chi connectivity index (χ2n) is 4.15. The van der Waals surface area contributed by atoms with Crippen LogP contribution in [0.4, 0.5) is 10.1 Å². The summed E-state index contributed by atoms with van der Waals surface area (Å²) in [5.41, 5.74) is 0.426. The molecule has 1 fully saturated rings. The van der Waals surface area contributed by atoms with Crippen LogP contribution in [0, 0.1) is 21.8 Å². The van der Waals surface area contributed by atoms with E-state index in [0.29, 0.717) is 12.1 Å². The summed E-state index contributed by atoms with van der Waals surface area (Å²) in [5.74, 6) is 0.181. The molecule has 0 aliphatic heterocycles. The first-order chi connectivity index (χ1) is 7.65. The van der Waals surface area contributed by atoms with Crippen molar-refractivity contribution >= 4 is 5.69 Å². The standard InChI is InChI=1S/C11H13FN2O2/c12-10-3-9(4-11(5-10)14(15)16)7-13-6-8-1-2-8/h3-5,8,13H,1-2,6-7H2. The minimum absolute atomic E-state index is 0.191. The van der Waals surface area contributed by atoms with E-state index in [0.717, 1.165) is 18.5 Å². The highest BCUT2D eigenvalue weighted by Gasteiger charge is 2.20. The number of nitrogens with zero attached hydrogens (tertiary/aromatic N) is 1. The van der Waals surface area contributed by atoms with Crippen LogP contribution in [0.15, 0.2) is 18.2 Å². The van der Waals surface area contributed by atoms with Gasteiger partial charge in [-0.1, -0.05) is 0 Å². The van der Waals surface area contributed by atoms with Gasteiger partial charge in [-0.25, -0.2) is 4.39 Å². The van der Waals surface area contributed by atoms with Gasteiger partial charge in [0.25, 0.3) is 5.69 Å². The van der Waals surface area contributed by atoms with Crippen molar-refractivity contribution in [3.63, 3.8) is 0 Å². The van der Waals surface area contributed by atoms with E-state index < -0.39 is 10.7 Å². The molecule has 0 unspecified atom stereocenters. The first kappa shape index (κ1) is 11.0. The van der Waals surface area contributed by atoms with Crippen LogP contribution in [0.2, 0.25) is 0 Å². The van der Waals surface area contributed by atoms with Crippen LogP contribution >= 0.6 is 0 Å². The Bertz CT molecular complexity index is 405. The summed E-state index contributed by atoms with van der Waals surface area (Å²) in [6.45, 7) is 1.39. The maximum absolute atomic E-state index is 13.1. The van der Waals surface area contributed by atoms with E-state index in [1.54, 1.807) is 0 Å². The van der Waals surface area contributed by atoms with Crippen LogP contribution in [0.25, 0.3) is 0 Å². The fourth-order valence-electron chi connectivity index (χ4n) is 1.58. The van der Waals surface area contributed by atoms with E-state index in [2.05, 4.69) is 5.32 Å². The lowest BCUT2D eigenvalue weighted by Crippen LogP contribution is -2.16. The molecule has 0 amide bonds. The van der Waals surface area contributed by atoms with E-state index in [-0.39, 0.29) is 5.69 Å². The monoisotopic (exact) mass is 224 g/mol. The van der Waals surface area contributed by atoms with E-state index in [9.17, 15) is 14.5 Å². The highest BCUT2D eigenvalue weighted by Crippen LogP contribution is 2.27. The molecular formula is C11H13FN2O2. The molecular weight excluding hydrogens is 211 g/mol. The number of hydrogen-bond donors (Lipinski definition) is 1. The summed E-state index contributed by atoms with van der Waals surface area (Å²) in [6.07, 6.45) is 2.49. The number of hydrogen-bond acceptors (Lipinski definition) is 3. The van der Waals surface area contributed by atoms with Crippen LogP contribution in [0.5, 0.6) is 0 Å². The third-order valence-electron chi connectivity index (χ3n) is 2.61. The first-order valence-electron chi connectivity index (χ1n) is 5.30. The van der Waals surface area contributed by atoms with E-state index in [1.165, 1.54) is 25.0 Å². The Morgan fingerprint density at radius 1 is 1.44 bits per heavy atom. The Kier molecular flexibility index (Phi) is 3.14. The molecule has 4 nitrogen and oxygen atoms in total. The first-order valence-corrected chi connectivity index (χ1v) is 5.30. The van der Waals surface area contributed by atoms with Crippen molar-refractivity contribution in [1.29, 1.82) is 0 Å². The quantitative estimate of drug-likeness (QED) is 0.616. The zero-order valence-electron chi connectivity index (χ0n) is 8.78. The van der Waals surface area contributed by atoms with Crippen LogP contribution in [0.3, 0.4) is 0 Å². The Morgan fingerprint density at radius 2 is 2.19 bits per heavy atom. The van der Waals surface area contributed by atoms with Crippen molar-refractivity contribution in [3.8, 4) is 0 Å². The van der Waals surface area contributed by atoms with Crippen LogP contribution < -0.4 is 5.32 Å². The molecule has 0 saturated heterocycles. The van der Waals surface area contributed by atoms with Crippen LogP contribution in [0.1, 0.15) is 18.4 Å². The molecule has 0 bridgehead atoms. The number of nitro benzene ring substituents is 1. The van der Waals surface area contributed by atoms with Crippen molar-refractivity contribution in [2.75, 3.05) is 6.54 Å². The van der Waals surface area contributed by atoms with Crippen LogP contribution in [-0.2, 0) is 6.54 Å². The minimum Gasteiger partial charge on any atom is -0.312 e. The van der Waals surface area contributed by atoms with Gasteiger partial charge in [0.05, 0.1) is 11.0 Å². The van der Waals surface area contributed by atoms with Gasteiger partial charge in [0.1, 0.15) is 5.82 Å². The molecule has 1 aliphatic carbocycles. The molecule has 0 atom stereocenters. The van der Waals surface area contributed by atoms with Gasteiger partial charge in [0.15, 0.2) is 0 Å². The van der Waals surface area contributed by atoms with Gasteiger partial charge in [-0.3, -0.25) is 10.1 Å². The van der Waals surface area contributed by atoms with Gasteiger partial charge in [0, 0.05) is 12.6 Å². The highest BCUT2D eigenvalue weighted by molar-refractivity contribution is 5.35. The second-order valence-corrected chi connectivity index (χ2v) is 4.15. The maximum Gasteiger partial charge on any atom is 0.272 e. The molecule has 0 aromatic heterocycles. The van der Waals surface area contributed by atoms with Gasteiger partial charge in [0.2, 0.25) is 0 Å². The second kappa shape index (κ2) is 4.57. The van der Waals surface area contributed by atoms with Crippen molar-refractivity contribution in [2.45, 2.75) is 19.4 Å². The summed E-state index contributed by atoms with van der Waals surface area (Å²) in [6, 6.07) is 3.67. The van der Waals surface area contributed by atoms with Gasteiger partial charge in [-0.2, -0.15) is 0 Å². The van der Waals surface area contributed by atoms with Gasteiger partial charge >= 0.3 is 0 Å². The summed E-state index contributed by atoms with van der Waals surface area (Å²) < 4.78 is 13.1. The normalized spacial score (nSPS) is 15.1. The van der Waals surface area contributed by atoms with Gasteiger partial charge < -0.3 is 5.32 Å². The third kappa shape index (κ3) is 3.00. The number of halogens is 1. The zero-order valence-corrected chi connectivity index (χ0v) is 8.78. The van der Waals surface area contributed by atoms with E-state index >= 15 is 0 Å². The average molecular weight is 224 g/mol. The number of nitro groups is 1. The summed E-state index contributed by atoms with van der Waals surface area (Å²) >= 11 is 0. The summed E-state index contributed by atoms with van der Waals surface area (Å²) in [7, 11) is 0. The number of non-ortho nitro benzene ring substituents is 1. The molecule has 1 N–H and O–H groups in total. The lowest BCUT2D eigenvalue weighted by Gasteiger charge is -2.04. The van der Waals surface area contributed by atoms with Crippen molar-refractivity contribution in [3.05, 3.63) is 39.7 Å². The predicted molar refractivity (Wildman–Crippen MR) is 57.5 cm³/mol. The number of rotatable bonds is 5. The highest BCUT2D eigenvalue weighted by atomic mass is 19.1. The lowest BCUT2D eigenvalue weighted by molar-refractivity contribution is -0.385. The molecule has 1 aliphatic rings. The van der Waals surface area contributed by atoms with Crippen molar-refractivity contribution in [2.24, 2.45) is 5.92 Å². The molecule has 0 heterocycles. The molecule has 2 rings (SSSR count). The number of benzene rings is 1. The molecule has 86 valence electrons. The Hall–Kier alpha value is -1.49. The third-order valence-corrected chi connectivity index (χ3v) is 2.61. The smallest absolute Gasteiger partial charge is 0.272 e. The van der Waals surface area contributed by atoms with Gasteiger partial charge in [-0.05, 0) is 36.9 Å². The zero-order chi connectivity index (χ0) is 11.5. The molecule has 0 radical (unpaired) electrons. The maximum atomic E-state index is 13.1. The average Bonchev–Trinajstić information content (AvgIpc) is 3.01. The molecule has 1 saturated carbocycles. The molecule has 1 aromatic rings. The Morgan fingerprint density at radius 3 is 2.81 bits per heavy atom. The van der Waals surface area contributed by atoms with Crippen LogP contribution in [-0.4, -0.2) is 11.5 Å². The van der Waals surface area contributed by atoms with E-state index in [4.69, 9.17) is 0 Å². The Labute approximate surface area is 92.6 Å². The summed E-state index contributed by atoms with van der Waals surface area (Å²) in [4.78, 5) is 9.94. The van der Waals surface area contributed by atoms with E-state index in [1.807, 2.05) is 0 Å². The summed E-state index contributed by atoms with van der Waals surface area (Å²) in [5, 5.41) is 13.7. The van der Waals surface area contributed by atoms with Crippen molar-refractivity contribution < 1.29 is 9.31 Å². The fraction of sp³-hybridized carbons (Fsp3) is 0.455. The molecule has 16 heavy (non-hydrogen) atoms. The van der Waals surface area contributed by atoms with Crippen molar-refractivity contribution in [1.82, 2.24) is 5.32 Å². The van der Waals surface area contributed by atoms with Gasteiger partial charge in [-0.15, -0.1) is 0 Å². The lowest BCUT2D eigenvalue weighted by atomic mass is 10.2. The largest absolute Gasteiger partial charge is 0.312 e. The minimum atomic E-state index is -0.576. The number of nitrogens with one attached hydrogen (secondary N) is 1. The topological polar surface area (TPSA) is 55.2 Å². The molecule has 5 heteroatoms. The molecule has 1 aromatic carbocycles.